The third-order valence-corrected chi connectivity index (χ3v) is 4.50. The van der Waals surface area contributed by atoms with Gasteiger partial charge in [-0.3, -0.25) is 4.79 Å². The molecule has 0 unspecified atom stereocenters. The number of ether oxygens (including phenoxy) is 2. The first-order valence-corrected chi connectivity index (χ1v) is 8.71. The highest BCUT2D eigenvalue weighted by atomic mass is 19.3. The van der Waals surface area contributed by atoms with Gasteiger partial charge in [-0.25, -0.2) is 0 Å². The molecule has 140 valence electrons. The van der Waals surface area contributed by atoms with E-state index in [1.807, 2.05) is 11.8 Å². The molecular weight excluding hydrogens is 330 g/mol. The molecule has 1 aromatic rings. The van der Waals surface area contributed by atoms with E-state index in [-0.39, 0.29) is 24.0 Å². The van der Waals surface area contributed by atoms with Crippen LogP contribution in [-0.2, 0) is 4.79 Å². The summed E-state index contributed by atoms with van der Waals surface area (Å²) < 4.78 is 34.4. The van der Waals surface area contributed by atoms with Crippen molar-refractivity contribution < 1.29 is 23.0 Å². The van der Waals surface area contributed by atoms with E-state index in [4.69, 9.17) is 4.74 Å². The number of amides is 1. The number of likely N-dealkylation sites (N-methyl/N-ethyl adjacent to an activating group) is 1. The lowest BCUT2D eigenvalue weighted by Crippen LogP contribution is -2.43. The average molecular weight is 356 g/mol. The first-order chi connectivity index (χ1) is 12.0. The third-order valence-electron chi connectivity index (χ3n) is 4.50. The van der Waals surface area contributed by atoms with Crippen LogP contribution in [0.2, 0.25) is 0 Å². The Morgan fingerprint density at radius 3 is 2.60 bits per heavy atom. The Hall–Kier alpha value is -2.05. The predicted molar refractivity (Wildman–Crippen MR) is 92.4 cm³/mol. The van der Waals surface area contributed by atoms with Crippen LogP contribution in [0.3, 0.4) is 0 Å². The van der Waals surface area contributed by atoms with E-state index in [9.17, 15) is 13.6 Å². The fraction of sp³-hybridized carbons (Fsp3) is 0.611. The summed E-state index contributed by atoms with van der Waals surface area (Å²) in [5.74, 6) is 0.172. The fourth-order valence-electron chi connectivity index (χ4n) is 3.28. The number of anilines is 1. The summed E-state index contributed by atoms with van der Waals surface area (Å²) in [4.78, 5) is 14.4. The van der Waals surface area contributed by atoms with Gasteiger partial charge in [0.25, 0.3) is 0 Å². The van der Waals surface area contributed by atoms with E-state index in [0.717, 1.165) is 25.7 Å². The van der Waals surface area contributed by atoms with Crippen molar-refractivity contribution in [1.29, 1.82) is 0 Å². The standard InChI is InChI=1S/C18H26F2N2O3/c1-3-22(14-7-5-4-6-8-14)17(23)12-21-13-9-10-15(24-2)16(11-13)25-18(19)20/h9-11,14,18,21H,3-8,12H2,1-2H3. The molecule has 1 aliphatic rings. The fourth-order valence-corrected chi connectivity index (χ4v) is 3.28. The van der Waals surface area contributed by atoms with Crippen LogP contribution >= 0.6 is 0 Å². The number of nitrogens with one attached hydrogen (secondary N) is 1. The topological polar surface area (TPSA) is 50.8 Å². The van der Waals surface area contributed by atoms with Crippen LogP contribution in [0.25, 0.3) is 0 Å². The molecule has 1 N–H and O–H groups in total. The Balaban J connectivity index is 1.98. The van der Waals surface area contributed by atoms with E-state index in [1.165, 1.54) is 25.7 Å². The second kappa shape index (κ2) is 9.44. The number of alkyl halides is 2. The maximum absolute atomic E-state index is 12.5. The van der Waals surface area contributed by atoms with Crippen molar-refractivity contribution in [2.75, 3.05) is 25.5 Å². The lowest BCUT2D eigenvalue weighted by molar-refractivity contribution is -0.132. The molecule has 0 spiro atoms. The normalized spacial score (nSPS) is 15.1. The van der Waals surface area contributed by atoms with Crippen molar-refractivity contribution >= 4 is 11.6 Å². The van der Waals surface area contributed by atoms with Gasteiger partial charge in [0.2, 0.25) is 5.91 Å². The number of carbonyl (C=O) groups excluding carboxylic acids is 1. The number of halogens is 2. The van der Waals surface area contributed by atoms with E-state index >= 15 is 0 Å². The summed E-state index contributed by atoms with van der Waals surface area (Å²) in [6.07, 6.45) is 5.66. The molecule has 0 atom stereocenters. The second-order valence-electron chi connectivity index (χ2n) is 6.07. The van der Waals surface area contributed by atoms with Gasteiger partial charge in [0.1, 0.15) is 0 Å². The number of benzene rings is 1. The molecule has 5 nitrogen and oxygen atoms in total. The number of methoxy groups -OCH3 is 1. The quantitative estimate of drug-likeness (QED) is 0.768. The summed E-state index contributed by atoms with van der Waals surface area (Å²) in [6, 6.07) is 4.92. The maximum Gasteiger partial charge on any atom is 0.387 e. The molecule has 7 heteroatoms. The summed E-state index contributed by atoms with van der Waals surface area (Å²) in [5.41, 5.74) is 0.532. The Kier molecular flexibility index (Phi) is 7.28. The van der Waals surface area contributed by atoms with Crippen LogP contribution in [0.5, 0.6) is 11.5 Å². The van der Waals surface area contributed by atoms with Crippen LogP contribution in [-0.4, -0.2) is 43.7 Å². The molecule has 25 heavy (non-hydrogen) atoms. The van der Waals surface area contributed by atoms with Crippen molar-refractivity contribution in [2.24, 2.45) is 0 Å². The zero-order valence-electron chi connectivity index (χ0n) is 14.8. The average Bonchev–Trinajstić information content (AvgIpc) is 2.61. The summed E-state index contributed by atoms with van der Waals surface area (Å²) in [6.45, 7) is -0.167. The van der Waals surface area contributed by atoms with Gasteiger partial charge >= 0.3 is 6.61 Å². The molecule has 0 aromatic heterocycles. The summed E-state index contributed by atoms with van der Waals surface area (Å²) >= 11 is 0. The van der Waals surface area contributed by atoms with Gasteiger partial charge in [-0.1, -0.05) is 19.3 Å². The molecule has 1 aromatic carbocycles. The number of hydrogen-bond donors (Lipinski definition) is 1. The number of nitrogens with zero attached hydrogens (tertiary/aromatic N) is 1. The first kappa shape index (κ1) is 19.3. The van der Waals surface area contributed by atoms with Gasteiger partial charge < -0.3 is 19.7 Å². The van der Waals surface area contributed by atoms with Gasteiger partial charge in [-0.2, -0.15) is 8.78 Å². The van der Waals surface area contributed by atoms with Crippen LogP contribution in [0.15, 0.2) is 18.2 Å². The lowest BCUT2D eigenvalue weighted by atomic mass is 9.94. The lowest BCUT2D eigenvalue weighted by Gasteiger charge is -2.33. The number of hydrogen-bond acceptors (Lipinski definition) is 4. The van der Waals surface area contributed by atoms with Crippen molar-refractivity contribution in [3.05, 3.63) is 18.2 Å². The first-order valence-electron chi connectivity index (χ1n) is 8.71. The van der Waals surface area contributed by atoms with Crippen LogP contribution in [0, 0.1) is 0 Å². The molecular formula is C18H26F2N2O3. The van der Waals surface area contributed by atoms with E-state index in [2.05, 4.69) is 10.1 Å². The number of rotatable bonds is 8. The minimum absolute atomic E-state index is 0.0153. The van der Waals surface area contributed by atoms with Gasteiger partial charge in [0, 0.05) is 24.3 Å². The number of carbonyl (C=O) groups is 1. The smallest absolute Gasteiger partial charge is 0.387 e. The van der Waals surface area contributed by atoms with Crippen LogP contribution in [0.4, 0.5) is 14.5 Å². The highest BCUT2D eigenvalue weighted by Crippen LogP contribution is 2.31. The minimum atomic E-state index is -2.94. The van der Waals surface area contributed by atoms with Gasteiger partial charge in [-0.05, 0) is 31.9 Å². The van der Waals surface area contributed by atoms with Crippen LogP contribution < -0.4 is 14.8 Å². The molecule has 0 bridgehead atoms. The maximum atomic E-state index is 12.5. The zero-order valence-corrected chi connectivity index (χ0v) is 14.8. The minimum Gasteiger partial charge on any atom is -0.493 e. The van der Waals surface area contributed by atoms with Crippen molar-refractivity contribution in [2.45, 2.75) is 51.7 Å². The predicted octanol–water partition coefficient (Wildman–Crippen LogP) is 3.89. The van der Waals surface area contributed by atoms with Crippen molar-refractivity contribution in [3.8, 4) is 11.5 Å². The highest BCUT2D eigenvalue weighted by Gasteiger charge is 2.23. The van der Waals surface area contributed by atoms with Gasteiger partial charge in [0.15, 0.2) is 11.5 Å². The SMILES string of the molecule is CCN(C(=O)CNc1ccc(OC)c(OC(F)F)c1)C1CCCCC1. The van der Waals surface area contributed by atoms with E-state index < -0.39 is 6.61 Å². The molecule has 1 aliphatic carbocycles. The molecule has 2 rings (SSSR count). The van der Waals surface area contributed by atoms with Gasteiger partial charge in [-0.15, -0.1) is 0 Å². The monoisotopic (exact) mass is 356 g/mol. The highest BCUT2D eigenvalue weighted by molar-refractivity contribution is 5.81. The summed E-state index contributed by atoms with van der Waals surface area (Å²) in [7, 11) is 1.38. The van der Waals surface area contributed by atoms with Crippen LogP contribution in [0.1, 0.15) is 39.0 Å². The molecule has 1 fully saturated rings. The molecule has 0 aliphatic heterocycles. The third kappa shape index (κ3) is 5.47. The molecule has 0 radical (unpaired) electrons. The summed E-state index contributed by atoms with van der Waals surface area (Å²) in [5, 5.41) is 2.99. The van der Waals surface area contributed by atoms with Gasteiger partial charge in [0.05, 0.1) is 13.7 Å². The largest absolute Gasteiger partial charge is 0.493 e. The Morgan fingerprint density at radius 2 is 2.00 bits per heavy atom. The Labute approximate surface area is 147 Å². The van der Waals surface area contributed by atoms with Crippen molar-refractivity contribution in [1.82, 2.24) is 4.90 Å². The Bertz CT molecular complexity index is 563. The molecule has 1 amide bonds. The molecule has 1 saturated carbocycles. The van der Waals surface area contributed by atoms with Crippen molar-refractivity contribution in [3.63, 3.8) is 0 Å². The van der Waals surface area contributed by atoms with E-state index in [0.29, 0.717) is 18.3 Å². The second-order valence-corrected chi connectivity index (χ2v) is 6.07. The molecule has 0 saturated heterocycles. The Morgan fingerprint density at radius 1 is 1.28 bits per heavy atom. The molecule has 0 heterocycles. The zero-order chi connectivity index (χ0) is 18.2. The van der Waals surface area contributed by atoms with E-state index in [1.54, 1.807) is 6.07 Å².